The van der Waals surface area contributed by atoms with Crippen LogP contribution in [0, 0.1) is 5.92 Å². The lowest BCUT2D eigenvalue weighted by Crippen LogP contribution is -2.22. The van der Waals surface area contributed by atoms with Gasteiger partial charge in [-0.3, -0.25) is 0 Å². The van der Waals surface area contributed by atoms with Crippen molar-refractivity contribution in [1.29, 1.82) is 0 Å². The molecule has 0 rings (SSSR count). The first-order chi connectivity index (χ1) is 5.70. The van der Waals surface area contributed by atoms with Crippen molar-refractivity contribution in [3.63, 3.8) is 0 Å². The van der Waals surface area contributed by atoms with Gasteiger partial charge in [0.1, 0.15) is 0 Å². The Morgan fingerprint density at radius 2 is 2.17 bits per heavy atom. The topological polar surface area (TPSA) is 26.0 Å². The Bertz CT molecular complexity index is 110. The van der Waals surface area contributed by atoms with E-state index in [4.69, 9.17) is 5.73 Å². The maximum atomic E-state index is 5.96. The van der Waals surface area contributed by atoms with Gasteiger partial charge in [0, 0.05) is 6.04 Å². The van der Waals surface area contributed by atoms with Gasteiger partial charge in [0.2, 0.25) is 0 Å². The molecule has 0 saturated heterocycles. The molecule has 0 heterocycles. The highest BCUT2D eigenvalue weighted by atomic mass is 14.6. The molecule has 12 heavy (non-hydrogen) atoms. The molecule has 0 aromatic rings. The zero-order valence-electron chi connectivity index (χ0n) is 8.55. The summed E-state index contributed by atoms with van der Waals surface area (Å²) in [6.07, 6.45) is 7.84. The highest BCUT2D eigenvalue weighted by molar-refractivity contribution is 4.70. The van der Waals surface area contributed by atoms with E-state index in [-0.39, 0.29) is 0 Å². The Hall–Kier alpha value is -0.300. The van der Waals surface area contributed by atoms with Gasteiger partial charge in [-0.25, -0.2) is 0 Å². The van der Waals surface area contributed by atoms with E-state index < -0.39 is 0 Å². The largest absolute Gasteiger partial charge is 0.328 e. The summed E-state index contributed by atoms with van der Waals surface area (Å²) >= 11 is 0. The Morgan fingerprint density at radius 3 is 2.67 bits per heavy atom. The van der Waals surface area contributed by atoms with Gasteiger partial charge in [-0.15, -0.1) is 6.58 Å². The number of allylic oxidation sites excluding steroid dienone is 1. The molecule has 0 aliphatic rings. The molecule has 0 radical (unpaired) electrons. The molecule has 0 spiro atoms. The van der Waals surface area contributed by atoms with Crippen molar-refractivity contribution in [1.82, 2.24) is 0 Å². The molecule has 0 aliphatic carbocycles. The number of unbranched alkanes of at least 4 members (excludes halogenated alkanes) is 1. The van der Waals surface area contributed by atoms with Crippen LogP contribution in [0.1, 0.15) is 46.0 Å². The van der Waals surface area contributed by atoms with Crippen LogP contribution < -0.4 is 5.73 Å². The van der Waals surface area contributed by atoms with Crippen molar-refractivity contribution < 1.29 is 0 Å². The van der Waals surface area contributed by atoms with E-state index in [2.05, 4.69) is 20.4 Å². The smallest absolute Gasteiger partial charge is 0.00414 e. The second-order valence-electron chi connectivity index (χ2n) is 3.73. The van der Waals surface area contributed by atoms with Crippen LogP contribution in [0.15, 0.2) is 12.7 Å². The molecule has 1 heteroatoms. The standard InChI is InChI=1S/C11H23N/c1-4-6-7-8-11(12)9-10(3)5-2/h4,10-11H,1,5-9,12H2,2-3H3. The Labute approximate surface area is 77.0 Å². The lowest BCUT2D eigenvalue weighted by Gasteiger charge is -2.15. The lowest BCUT2D eigenvalue weighted by molar-refractivity contribution is 0.430. The first kappa shape index (κ1) is 11.7. The van der Waals surface area contributed by atoms with Gasteiger partial charge in [-0.1, -0.05) is 26.3 Å². The van der Waals surface area contributed by atoms with Crippen molar-refractivity contribution in [2.24, 2.45) is 11.7 Å². The van der Waals surface area contributed by atoms with Crippen molar-refractivity contribution in [3.8, 4) is 0 Å². The quantitative estimate of drug-likeness (QED) is 0.460. The summed E-state index contributed by atoms with van der Waals surface area (Å²) in [5, 5.41) is 0. The summed E-state index contributed by atoms with van der Waals surface area (Å²) in [7, 11) is 0. The molecule has 0 bridgehead atoms. The first-order valence-electron chi connectivity index (χ1n) is 5.07. The molecular formula is C11H23N. The van der Waals surface area contributed by atoms with E-state index >= 15 is 0 Å². The van der Waals surface area contributed by atoms with Gasteiger partial charge in [-0.2, -0.15) is 0 Å². The molecule has 2 unspecified atom stereocenters. The fourth-order valence-electron chi connectivity index (χ4n) is 1.33. The fourth-order valence-corrected chi connectivity index (χ4v) is 1.33. The molecule has 0 saturated carbocycles. The summed E-state index contributed by atoms with van der Waals surface area (Å²) in [6.45, 7) is 8.19. The summed E-state index contributed by atoms with van der Waals surface area (Å²) in [4.78, 5) is 0. The van der Waals surface area contributed by atoms with Gasteiger partial charge >= 0.3 is 0 Å². The minimum Gasteiger partial charge on any atom is -0.328 e. The Morgan fingerprint density at radius 1 is 1.50 bits per heavy atom. The van der Waals surface area contributed by atoms with E-state index in [1.165, 1.54) is 19.3 Å². The van der Waals surface area contributed by atoms with Crippen molar-refractivity contribution in [2.45, 2.75) is 52.0 Å². The molecule has 2 N–H and O–H groups in total. The number of nitrogens with two attached hydrogens (primary N) is 1. The zero-order valence-corrected chi connectivity index (χ0v) is 8.55. The highest BCUT2D eigenvalue weighted by Crippen LogP contribution is 2.12. The summed E-state index contributed by atoms with van der Waals surface area (Å²) in [5.74, 6) is 0.781. The molecule has 2 atom stereocenters. The second-order valence-corrected chi connectivity index (χ2v) is 3.73. The van der Waals surface area contributed by atoms with Crippen LogP contribution in [0.5, 0.6) is 0 Å². The van der Waals surface area contributed by atoms with Crippen molar-refractivity contribution >= 4 is 0 Å². The van der Waals surface area contributed by atoms with E-state index in [1.54, 1.807) is 0 Å². The third kappa shape index (κ3) is 6.41. The van der Waals surface area contributed by atoms with Crippen LogP contribution in [0.4, 0.5) is 0 Å². The predicted molar refractivity (Wildman–Crippen MR) is 56.1 cm³/mol. The van der Waals surface area contributed by atoms with Gasteiger partial charge in [0.25, 0.3) is 0 Å². The SMILES string of the molecule is C=CCCCC(N)CC(C)CC. The number of rotatable bonds is 7. The van der Waals surface area contributed by atoms with Crippen LogP contribution in [0.25, 0.3) is 0 Å². The average Bonchev–Trinajstić information content (AvgIpc) is 2.05. The highest BCUT2D eigenvalue weighted by Gasteiger charge is 2.06. The Balaban J connectivity index is 3.32. The van der Waals surface area contributed by atoms with Gasteiger partial charge in [0.15, 0.2) is 0 Å². The lowest BCUT2D eigenvalue weighted by atomic mass is 9.96. The molecule has 0 aliphatic heterocycles. The molecule has 0 fully saturated rings. The summed E-state index contributed by atoms with van der Waals surface area (Å²) in [6, 6.07) is 0.403. The summed E-state index contributed by atoms with van der Waals surface area (Å²) in [5.41, 5.74) is 5.96. The number of hydrogen-bond donors (Lipinski definition) is 1. The van der Waals surface area contributed by atoms with E-state index in [1.807, 2.05) is 6.08 Å². The minimum absolute atomic E-state index is 0.403. The van der Waals surface area contributed by atoms with Crippen LogP contribution in [-0.4, -0.2) is 6.04 Å². The van der Waals surface area contributed by atoms with Crippen LogP contribution in [0.3, 0.4) is 0 Å². The van der Waals surface area contributed by atoms with E-state index in [9.17, 15) is 0 Å². The predicted octanol–water partition coefficient (Wildman–Crippen LogP) is 3.11. The molecular weight excluding hydrogens is 146 g/mol. The van der Waals surface area contributed by atoms with Crippen LogP contribution >= 0.6 is 0 Å². The van der Waals surface area contributed by atoms with Gasteiger partial charge in [-0.05, 0) is 31.6 Å². The minimum atomic E-state index is 0.403. The van der Waals surface area contributed by atoms with Crippen LogP contribution in [0.2, 0.25) is 0 Å². The van der Waals surface area contributed by atoms with E-state index in [0.29, 0.717) is 6.04 Å². The normalized spacial score (nSPS) is 15.6. The number of hydrogen-bond acceptors (Lipinski definition) is 1. The molecule has 72 valence electrons. The van der Waals surface area contributed by atoms with Gasteiger partial charge < -0.3 is 5.73 Å². The molecule has 1 nitrogen and oxygen atoms in total. The average molecular weight is 169 g/mol. The monoisotopic (exact) mass is 169 g/mol. The molecule has 0 aromatic heterocycles. The third-order valence-corrected chi connectivity index (χ3v) is 2.39. The van der Waals surface area contributed by atoms with Gasteiger partial charge in [0.05, 0.1) is 0 Å². The first-order valence-corrected chi connectivity index (χ1v) is 5.07. The zero-order chi connectivity index (χ0) is 9.40. The van der Waals surface area contributed by atoms with E-state index in [0.717, 1.165) is 18.8 Å². The maximum Gasteiger partial charge on any atom is 0.00414 e. The van der Waals surface area contributed by atoms with Crippen LogP contribution in [-0.2, 0) is 0 Å². The fraction of sp³-hybridized carbons (Fsp3) is 0.818. The summed E-state index contributed by atoms with van der Waals surface area (Å²) < 4.78 is 0. The third-order valence-electron chi connectivity index (χ3n) is 2.39. The molecule has 0 aromatic carbocycles. The molecule has 0 amide bonds. The van der Waals surface area contributed by atoms with Crippen molar-refractivity contribution in [3.05, 3.63) is 12.7 Å². The van der Waals surface area contributed by atoms with Crippen molar-refractivity contribution in [2.75, 3.05) is 0 Å². The second kappa shape index (κ2) is 7.35. The maximum absolute atomic E-state index is 5.96. The Kier molecular flexibility index (Phi) is 7.17.